The standard InChI is InChI=1S/C21H17ClF2N4OS2/c1-12(29-18-8-7-13(23)9-17(18)24)19-26-27-21(28(19)2)31-11-14-10-30-20(25-14)15-5-3-4-6-16(15)22/h3-10,12H,11H2,1-2H3. The molecule has 0 radical (unpaired) electrons. The molecule has 0 saturated heterocycles. The number of thioether (sulfide) groups is 1. The third-order valence-corrected chi connectivity index (χ3v) is 6.74. The highest BCUT2D eigenvalue weighted by atomic mass is 35.5. The minimum atomic E-state index is -0.763. The van der Waals surface area contributed by atoms with Crippen molar-refractivity contribution >= 4 is 34.7 Å². The van der Waals surface area contributed by atoms with E-state index in [1.54, 1.807) is 11.5 Å². The Balaban J connectivity index is 1.42. The molecule has 160 valence electrons. The van der Waals surface area contributed by atoms with Gasteiger partial charge in [-0.25, -0.2) is 13.8 Å². The molecule has 1 unspecified atom stereocenters. The van der Waals surface area contributed by atoms with Crippen LogP contribution in [0.4, 0.5) is 8.78 Å². The van der Waals surface area contributed by atoms with Gasteiger partial charge in [0.15, 0.2) is 28.7 Å². The van der Waals surface area contributed by atoms with Gasteiger partial charge in [0, 0.05) is 29.8 Å². The topological polar surface area (TPSA) is 52.8 Å². The number of nitrogens with zero attached hydrogens (tertiary/aromatic N) is 4. The number of benzene rings is 2. The van der Waals surface area contributed by atoms with Gasteiger partial charge < -0.3 is 9.30 Å². The molecule has 0 bridgehead atoms. The molecule has 10 heteroatoms. The van der Waals surface area contributed by atoms with Crippen molar-refractivity contribution in [1.29, 1.82) is 0 Å². The van der Waals surface area contributed by atoms with Gasteiger partial charge in [0.2, 0.25) is 0 Å². The minimum absolute atomic E-state index is 0.0410. The smallest absolute Gasteiger partial charge is 0.191 e. The predicted octanol–water partition coefficient (Wildman–Crippen LogP) is 6.30. The van der Waals surface area contributed by atoms with Gasteiger partial charge in [0.1, 0.15) is 10.8 Å². The number of rotatable bonds is 7. The fraction of sp³-hybridized carbons (Fsp3) is 0.190. The van der Waals surface area contributed by atoms with Gasteiger partial charge >= 0.3 is 0 Å². The second-order valence-corrected chi connectivity index (χ2v) is 8.85. The van der Waals surface area contributed by atoms with Crippen LogP contribution in [0.5, 0.6) is 5.75 Å². The normalized spacial score (nSPS) is 12.2. The second-order valence-electron chi connectivity index (χ2n) is 6.65. The lowest BCUT2D eigenvalue weighted by molar-refractivity contribution is 0.201. The van der Waals surface area contributed by atoms with E-state index in [0.717, 1.165) is 28.4 Å². The summed E-state index contributed by atoms with van der Waals surface area (Å²) in [6.45, 7) is 1.73. The van der Waals surface area contributed by atoms with E-state index in [0.29, 0.717) is 21.8 Å². The fourth-order valence-electron chi connectivity index (χ4n) is 2.89. The van der Waals surface area contributed by atoms with E-state index < -0.39 is 17.7 Å². The third-order valence-electron chi connectivity index (χ3n) is 4.44. The van der Waals surface area contributed by atoms with E-state index in [1.165, 1.54) is 29.2 Å². The van der Waals surface area contributed by atoms with Crippen LogP contribution in [0.2, 0.25) is 5.02 Å². The van der Waals surface area contributed by atoms with Crippen LogP contribution in [0.1, 0.15) is 24.5 Å². The maximum atomic E-state index is 13.9. The van der Waals surface area contributed by atoms with Crippen LogP contribution < -0.4 is 4.74 Å². The van der Waals surface area contributed by atoms with Crippen molar-refractivity contribution in [2.45, 2.75) is 23.9 Å². The lowest BCUT2D eigenvalue weighted by atomic mass is 10.2. The summed E-state index contributed by atoms with van der Waals surface area (Å²) in [5.41, 5.74) is 1.82. The second kappa shape index (κ2) is 9.33. The first-order valence-electron chi connectivity index (χ1n) is 9.25. The van der Waals surface area contributed by atoms with E-state index in [9.17, 15) is 8.78 Å². The Bertz CT molecular complexity index is 1210. The predicted molar refractivity (Wildman–Crippen MR) is 119 cm³/mol. The Morgan fingerprint density at radius 1 is 1.19 bits per heavy atom. The maximum Gasteiger partial charge on any atom is 0.191 e. The zero-order valence-electron chi connectivity index (χ0n) is 16.6. The largest absolute Gasteiger partial charge is 0.480 e. The summed E-state index contributed by atoms with van der Waals surface area (Å²) >= 11 is 9.28. The molecule has 4 aromatic rings. The summed E-state index contributed by atoms with van der Waals surface area (Å²) in [4.78, 5) is 4.66. The van der Waals surface area contributed by atoms with Crippen LogP contribution in [0.3, 0.4) is 0 Å². The summed E-state index contributed by atoms with van der Waals surface area (Å²) in [7, 11) is 1.81. The molecule has 5 nitrogen and oxygen atoms in total. The summed E-state index contributed by atoms with van der Waals surface area (Å²) in [5.74, 6) is -0.327. The molecule has 2 heterocycles. The molecule has 0 spiro atoms. The van der Waals surface area contributed by atoms with Gasteiger partial charge in [-0.2, -0.15) is 0 Å². The van der Waals surface area contributed by atoms with Crippen molar-refractivity contribution < 1.29 is 13.5 Å². The van der Waals surface area contributed by atoms with E-state index in [-0.39, 0.29) is 5.75 Å². The van der Waals surface area contributed by atoms with E-state index in [1.807, 2.05) is 36.7 Å². The summed E-state index contributed by atoms with van der Waals surface area (Å²) in [6, 6.07) is 10.8. The minimum Gasteiger partial charge on any atom is -0.480 e. The van der Waals surface area contributed by atoms with Crippen LogP contribution in [0.25, 0.3) is 10.6 Å². The zero-order valence-corrected chi connectivity index (χ0v) is 18.9. The molecule has 0 aliphatic heterocycles. The Morgan fingerprint density at radius 2 is 2.00 bits per heavy atom. The Hall–Kier alpha value is -2.49. The zero-order chi connectivity index (χ0) is 22.0. The van der Waals surface area contributed by atoms with Crippen molar-refractivity contribution in [3.8, 4) is 16.3 Å². The van der Waals surface area contributed by atoms with Crippen molar-refractivity contribution in [2.75, 3.05) is 0 Å². The molecule has 2 aromatic carbocycles. The summed E-state index contributed by atoms with van der Waals surface area (Å²) in [6.07, 6.45) is -0.571. The number of aromatic nitrogens is 4. The number of halogens is 3. The number of ether oxygens (including phenoxy) is 1. The Kier molecular flexibility index (Phi) is 6.54. The molecule has 0 fully saturated rings. The first-order chi connectivity index (χ1) is 14.9. The average Bonchev–Trinajstić information content (AvgIpc) is 3.35. The molecule has 2 aromatic heterocycles. The van der Waals surface area contributed by atoms with Crippen molar-refractivity contribution in [1.82, 2.24) is 19.7 Å². The summed E-state index contributed by atoms with van der Waals surface area (Å²) < 4.78 is 34.3. The molecule has 0 amide bonds. The monoisotopic (exact) mass is 478 g/mol. The van der Waals surface area contributed by atoms with E-state index in [2.05, 4.69) is 15.2 Å². The van der Waals surface area contributed by atoms with Gasteiger partial charge in [-0.15, -0.1) is 21.5 Å². The number of hydrogen-bond donors (Lipinski definition) is 0. The van der Waals surface area contributed by atoms with Gasteiger partial charge in [-0.1, -0.05) is 41.6 Å². The quantitative estimate of drug-likeness (QED) is 0.292. The van der Waals surface area contributed by atoms with Crippen LogP contribution in [0, 0.1) is 11.6 Å². The molecule has 0 aliphatic rings. The van der Waals surface area contributed by atoms with Crippen molar-refractivity contribution in [2.24, 2.45) is 7.05 Å². The van der Waals surface area contributed by atoms with Gasteiger partial charge in [-0.3, -0.25) is 0 Å². The molecular weight excluding hydrogens is 462 g/mol. The van der Waals surface area contributed by atoms with Crippen LogP contribution in [-0.2, 0) is 12.8 Å². The lowest BCUT2D eigenvalue weighted by Gasteiger charge is -2.14. The molecule has 0 aliphatic carbocycles. The molecule has 4 rings (SSSR count). The Morgan fingerprint density at radius 3 is 2.77 bits per heavy atom. The molecule has 31 heavy (non-hydrogen) atoms. The number of hydrogen-bond acceptors (Lipinski definition) is 6. The first-order valence-corrected chi connectivity index (χ1v) is 11.5. The highest BCUT2D eigenvalue weighted by molar-refractivity contribution is 7.98. The third kappa shape index (κ3) is 4.89. The molecule has 0 N–H and O–H groups in total. The van der Waals surface area contributed by atoms with E-state index >= 15 is 0 Å². The van der Waals surface area contributed by atoms with E-state index in [4.69, 9.17) is 16.3 Å². The summed E-state index contributed by atoms with van der Waals surface area (Å²) in [5, 5.41) is 12.6. The first kappa shape index (κ1) is 21.7. The highest BCUT2D eigenvalue weighted by Crippen LogP contribution is 2.32. The SMILES string of the molecule is CC(Oc1ccc(F)cc1F)c1nnc(SCc2csc(-c3ccccc3Cl)n2)n1C. The van der Waals surface area contributed by atoms with Crippen molar-refractivity contribution in [3.05, 3.63) is 76.0 Å². The van der Waals surface area contributed by atoms with Crippen molar-refractivity contribution in [3.63, 3.8) is 0 Å². The average molecular weight is 479 g/mol. The van der Waals surface area contributed by atoms with Crippen LogP contribution in [0.15, 0.2) is 53.0 Å². The fourth-order valence-corrected chi connectivity index (χ4v) is 4.95. The molecule has 0 saturated carbocycles. The number of thiazole rings is 1. The van der Waals surface area contributed by atoms with Gasteiger partial charge in [0.25, 0.3) is 0 Å². The van der Waals surface area contributed by atoms with Gasteiger partial charge in [-0.05, 0) is 25.1 Å². The van der Waals surface area contributed by atoms with Gasteiger partial charge in [0.05, 0.1) is 10.7 Å². The molecular formula is C21H17ClF2N4OS2. The van der Waals surface area contributed by atoms with Crippen LogP contribution in [-0.4, -0.2) is 19.7 Å². The Labute approximate surface area is 191 Å². The molecule has 1 atom stereocenters. The maximum absolute atomic E-state index is 13.9. The van der Waals surface area contributed by atoms with Crippen LogP contribution >= 0.6 is 34.7 Å². The highest BCUT2D eigenvalue weighted by Gasteiger charge is 2.19. The lowest BCUT2D eigenvalue weighted by Crippen LogP contribution is -2.11.